The van der Waals surface area contributed by atoms with Crippen molar-refractivity contribution in [1.82, 2.24) is 14.2 Å². The number of aromatic nitrogens is 3. The minimum Gasteiger partial charge on any atom is -0.367 e. The lowest BCUT2D eigenvalue weighted by Crippen LogP contribution is -2.31. The van der Waals surface area contributed by atoms with Gasteiger partial charge in [0.05, 0.1) is 21.1 Å². The quantitative estimate of drug-likeness (QED) is 0.716. The molecule has 3 aromatic rings. The summed E-state index contributed by atoms with van der Waals surface area (Å²) in [5, 5.41) is 22.6. The maximum absolute atomic E-state index is 12.4. The molecule has 0 aliphatic heterocycles. The molecule has 8 heteroatoms. The molecule has 0 aromatic carbocycles. The molecule has 1 aliphatic carbocycles. The van der Waals surface area contributed by atoms with E-state index in [-0.39, 0.29) is 12.1 Å². The van der Waals surface area contributed by atoms with Crippen LogP contribution in [0, 0.1) is 0 Å². The summed E-state index contributed by atoms with van der Waals surface area (Å²) >= 11 is 7.46. The van der Waals surface area contributed by atoms with E-state index in [4.69, 9.17) is 21.8 Å². The van der Waals surface area contributed by atoms with Gasteiger partial charge < -0.3 is 10.2 Å². The highest BCUT2D eigenvalue weighted by molar-refractivity contribution is 7.22. The number of hydrogen-bond acceptors (Lipinski definition) is 5. The molecular formula is C13H12ClN3O3S. The standard InChI is InChI=1S/C13H12ClN3O3S/c14-10-4-7-9(21-10)3-8-13(20)16(5-11(18)19)15-12(17(7)8)6-1-2-6/h3-4,6,11,18-19H,1-2,5H2. The number of hydrogen-bond donors (Lipinski definition) is 2. The summed E-state index contributed by atoms with van der Waals surface area (Å²) in [6.07, 6.45) is 0.453. The molecule has 3 heterocycles. The van der Waals surface area contributed by atoms with Crippen molar-refractivity contribution < 1.29 is 10.2 Å². The van der Waals surface area contributed by atoms with E-state index in [1.165, 1.54) is 11.3 Å². The minimum absolute atomic E-state index is 0.228. The predicted molar refractivity (Wildman–Crippen MR) is 80.0 cm³/mol. The van der Waals surface area contributed by atoms with Crippen LogP contribution in [0.3, 0.4) is 0 Å². The summed E-state index contributed by atoms with van der Waals surface area (Å²) in [5.41, 5.74) is 1.07. The van der Waals surface area contributed by atoms with Crippen LogP contribution >= 0.6 is 22.9 Å². The van der Waals surface area contributed by atoms with Gasteiger partial charge in [0.25, 0.3) is 5.56 Å². The predicted octanol–water partition coefficient (Wildman–Crippen LogP) is 1.55. The second-order valence-electron chi connectivity index (χ2n) is 5.27. The molecule has 0 amide bonds. The highest BCUT2D eigenvalue weighted by Crippen LogP contribution is 2.41. The van der Waals surface area contributed by atoms with Crippen LogP contribution in [0.5, 0.6) is 0 Å². The molecule has 3 aromatic heterocycles. The van der Waals surface area contributed by atoms with E-state index in [1.807, 2.05) is 10.5 Å². The van der Waals surface area contributed by atoms with Crippen molar-refractivity contribution in [3.05, 3.63) is 32.6 Å². The third-order valence-electron chi connectivity index (χ3n) is 3.64. The average molecular weight is 326 g/mol. The van der Waals surface area contributed by atoms with Crippen LogP contribution in [0.4, 0.5) is 0 Å². The van der Waals surface area contributed by atoms with Crippen molar-refractivity contribution in [2.24, 2.45) is 0 Å². The van der Waals surface area contributed by atoms with Crippen LogP contribution in [-0.4, -0.2) is 30.7 Å². The normalized spacial score (nSPS) is 15.6. The Labute approximate surface area is 127 Å². The Bertz CT molecular complexity index is 907. The monoisotopic (exact) mass is 325 g/mol. The maximum atomic E-state index is 12.4. The number of fused-ring (bicyclic) bond motifs is 3. The van der Waals surface area contributed by atoms with Gasteiger partial charge in [-0.1, -0.05) is 11.6 Å². The molecule has 0 spiro atoms. The Morgan fingerprint density at radius 3 is 2.81 bits per heavy atom. The minimum atomic E-state index is -1.60. The van der Waals surface area contributed by atoms with Crippen LogP contribution in [0.25, 0.3) is 15.7 Å². The lowest BCUT2D eigenvalue weighted by atomic mass is 10.4. The number of halogens is 1. The lowest BCUT2D eigenvalue weighted by molar-refractivity contribution is -0.0544. The van der Waals surface area contributed by atoms with Crippen molar-refractivity contribution in [2.45, 2.75) is 31.6 Å². The fourth-order valence-corrected chi connectivity index (χ4v) is 3.76. The van der Waals surface area contributed by atoms with E-state index in [2.05, 4.69) is 5.10 Å². The summed E-state index contributed by atoms with van der Waals surface area (Å²) in [6, 6.07) is 3.63. The van der Waals surface area contributed by atoms with Crippen molar-refractivity contribution in [2.75, 3.05) is 0 Å². The van der Waals surface area contributed by atoms with Crippen molar-refractivity contribution in [1.29, 1.82) is 0 Å². The molecule has 0 atom stereocenters. The first-order chi connectivity index (χ1) is 10.0. The lowest BCUT2D eigenvalue weighted by Gasteiger charge is -2.11. The number of thiophene rings is 1. The van der Waals surface area contributed by atoms with E-state index >= 15 is 0 Å². The molecule has 21 heavy (non-hydrogen) atoms. The van der Waals surface area contributed by atoms with Crippen LogP contribution in [0.2, 0.25) is 4.34 Å². The zero-order valence-corrected chi connectivity index (χ0v) is 12.4. The van der Waals surface area contributed by atoms with Gasteiger partial charge in [-0.05, 0) is 25.0 Å². The fourth-order valence-electron chi connectivity index (χ4n) is 2.60. The van der Waals surface area contributed by atoms with E-state index in [1.54, 1.807) is 6.07 Å². The van der Waals surface area contributed by atoms with Crippen molar-refractivity contribution in [3.8, 4) is 0 Å². The van der Waals surface area contributed by atoms with Gasteiger partial charge in [0, 0.05) is 5.92 Å². The van der Waals surface area contributed by atoms with Crippen molar-refractivity contribution in [3.63, 3.8) is 0 Å². The highest BCUT2D eigenvalue weighted by atomic mass is 35.5. The van der Waals surface area contributed by atoms with E-state index in [0.717, 1.165) is 33.6 Å². The number of nitrogens with zero attached hydrogens (tertiary/aromatic N) is 3. The van der Waals surface area contributed by atoms with Gasteiger partial charge >= 0.3 is 0 Å². The SMILES string of the molecule is O=c1c2cc3sc(Cl)cc3n2c(C2CC2)nn1CC(O)O. The Morgan fingerprint density at radius 2 is 2.14 bits per heavy atom. The Hall–Kier alpha value is -1.41. The highest BCUT2D eigenvalue weighted by Gasteiger charge is 2.30. The summed E-state index contributed by atoms with van der Waals surface area (Å²) < 4.78 is 4.60. The maximum Gasteiger partial charge on any atom is 0.291 e. The van der Waals surface area contributed by atoms with Crippen LogP contribution in [0.1, 0.15) is 24.6 Å². The van der Waals surface area contributed by atoms with Crippen LogP contribution in [0.15, 0.2) is 16.9 Å². The van der Waals surface area contributed by atoms with Gasteiger partial charge in [0.2, 0.25) is 0 Å². The zero-order chi connectivity index (χ0) is 14.7. The Balaban J connectivity index is 2.08. The molecule has 0 radical (unpaired) electrons. The zero-order valence-electron chi connectivity index (χ0n) is 10.9. The summed E-state index contributed by atoms with van der Waals surface area (Å²) in [4.78, 5) is 12.4. The fraction of sp³-hybridized carbons (Fsp3) is 0.385. The first kappa shape index (κ1) is 13.3. The molecule has 0 unspecified atom stereocenters. The topological polar surface area (TPSA) is 79.8 Å². The molecule has 1 fully saturated rings. The molecule has 110 valence electrons. The molecule has 1 saturated carbocycles. The smallest absolute Gasteiger partial charge is 0.291 e. The summed E-state index contributed by atoms with van der Waals surface area (Å²) in [5.74, 6) is 1.10. The second-order valence-corrected chi connectivity index (χ2v) is 6.98. The largest absolute Gasteiger partial charge is 0.367 e. The molecule has 6 nitrogen and oxygen atoms in total. The van der Waals surface area contributed by atoms with Gasteiger partial charge in [-0.25, -0.2) is 4.68 Å². The van der Waals surface area contributed by atoms with Crippen molar-refractivity contribution >= 4 is 38.7 Å². The first-order valence-corrected chi connectivity index (χ1v) is 7.81. The molecule has 1 aliphatic rings. The summed E-state index contributed by atoms with van der Waals surface area (Å²) in [6.45, 7) is -0.228. The van der Waals surface area contributed by atoms with Gasteiger partial charge in [-0.2, -0.15) is 5.10 Å². The number of rotatable bonds is 3. The number of aliphatic hydroxyl groups excluding tert-OH is 1. The van der Waals surface area contributed by atoms with Gasteiger partial charge in [0.1, 0.15) is 11.3 Å². The van der Waals surface area contributed by atoms with Gasteiger partial charge in [0.15, 0.2) is 6.29 Å². The molecule has 0 bridgehead atoms. The first-order valence-electron chi connectivity index (χ1n) is 6.62. The molecule has 4 rings (SSSR count). The molecule has 2 N–H and O–H groups in total. The molecular weight excluding hydrogens is 314 g/mol. The van der Waals surface area contributed by atoms with Gasteiger partial charge in [-0.3, -0.25) is 9.20 Å². The second kappa shape index (κ2) is 4.54. The Kier molecular flexibility index (Phi) is 2.87. The van der Waals surface area contributed by atoms with Crippen LogP contribution in [-0.2, 0) is 6.54 Å². The third-order valence-corrected chi connectivity index (χ3v) is 4.84. The average Bonchev–Trinajstić information content (AvgIpc) is 3.10. The Morgan fingerprint density at radius 1 is 1.38 bits per heavy atom. The molecule has 0 saturated heterocycles. The number of aliphatic hydroxyl groups is 2. The van der Waals surface area contributed by atoms with E-state index < -0.39 is 6.29 Å². The summed E-state index contributed by atoms with van der Waals surface area (Å²) in [7, 11) is 0. The van der Waals surface area contributed by atoms with Crippen LogP contribution < -0.4 is 5.56 Å². The van der Waals surface area contributed by atoms with Gasteiger partial charge in [-0.15, -0.1) is 11.3 Å². The van der Waals surface area contributed by atoms with E-state index in [9.17, 15) is 4.79 Å². The third kappa shape index (κ3) is 2.08. The van der Waals surface area contributed by atoms with E-state index in [0.29, 0.717) is 15.8 Å².